The number of ether oxygens (including phenoxy) is 1. The van der Waals surface area contributed by atoms with E-state index >= 15 is 0 Å². The highest BCUT2D eigenvalue weighted by atomic mass is 32.1. The van der Waals surface area contributed by atoms with Crippen LogP contribution in [-0.4, -0.2) is 18.6 Å². The lowest BCUT2D eigenvalue weighted by Gasteiger charge is -2.03. The van der Waals surface area contributed by atoms with Crippen molar-refractivity contribution in [3.63, 3.8) is 0 Å². The summed E-state index contributed by atoms with van der Waals surface area (Å²) in [6, 6.07) is 7.11. The highest BCUT2D eigenvalue weighted by Crippen LogP contribution is 2.11. The molecule has 0 atom stereocenters. The van der Waals surface area contributed by atoms with E-state index in [2.05, 4.69) is 24.8 Å². The first kappa shape index (κ1) is 12.8. The summed E-state index contributed by atoms with van der Waals surface area (Å²) in [7, 11) is 0. The number of aldehydes is 1. The molecule has 0 radical (unpaired) electrons. The van der Waals surface area contributed by atoms with Crippen LogP contribution in [0.3, 0.4) is 0 Å². The molecule has 0 bridgehead atoms. The highest BCUT2D eigenvalue weighted by Gasteiger charge is 1.93. The van der Waals surface area contributed by atoms with Crippen molar-refractivity contribution >= 4 is 18.9 Å². The van der Waals surface area contributed by atoms with Crippen LogP contribution in [-0.2, 0) is 0 Å². The first-order valence-corrected chi connectivity index (χ1v) is 5.94. The monoisotopic (exact) mass is 236 g/mol. The predicted octanol–water partition coefficient (Wildman–Crippen LogP) is 3.14. The molecule has 0 aromatic heterocycles. The molecule has 1 aromatic rings. The van der Waals surface area contributed by atoms with Crippen LogP contribution in [0, 0.1) is 0 Å². The molecule has 0 fully saturated rings. The highest BCUT2D eigenvalue weighted by molar-refractivity contribution is 7.80. The molecular weight excluding hydrogens is 220 g/mol. The molecule has 0 unspecified atom stereocenters. The number of rotatable bonds is 7. The summed E-state index contributed by atoms with van der Waals surface area (Å²) in [6.07, 6.45) is 6.91. The van der Waals surface area contributed by atoms with Crippen molar-refractivity contribution in [3.8, 4) is 5.75 Å². The maximum absolute atomic E-state index is 10.4. The second kappa shape index (κ2) is 7.99. The third-order valence-electron chi connectivity index (χ3n) is 2.03. The largest absolute Gasteiger partial charge is 0.493 e. The van der Waals surface area contributed by atoms with E-state index < -0.39 is 0 Å². The van der Waals surface area contributed by atoms with E-state index in [0.29, 0.717) is 12.2 Å². The molecule has 3 heteroatoms. The van der Waals surface area contributed by atoms with Crippen molar-refractivity contribution in [2.75, 3.05) is 12.4 Å². The second-order valence-electron chi connectivity index (χ2n) is 3.31. The molecule has 16 heavy (non-hydrogen) atoms. The molecule has 0 saturated heterocycles. The van der Waals surface area contributed by atoms with E-state index in [1.807, 2.05) is 0 Å². The number of allylic oxidation sites excluding steroid dienone is 1. The number of hydrogen-bond acceptors (Lipinski definition) is 3. The second-order valence-corrected chi connectivity index (χ2v) is 3.75. The van der Waals surface area contributed by atoms with Crippen LogP contribution in [0.2, 0.25) is 0 Å². The van der Waals surface area contributed by atoms with Gasteiger partial charge in [0.15, 0.2) is 0 Å². The molecular formula is C13H16O2S. The van der Waals surface area contributed by atoms with Gasteiger partial charge in [0.2, 0.25) is 0 Å². The zero-order valence-electron chi connectivity index (χ0n) is 9.13. The average molecular weight is 236 g/mol. The van der Waals surface area contributed by atoms with Gasteiger partial charge in [-0.1, -0.05) is 12.2 Å². The van der Waals surface area contributed by atoms with Crippen molar-refractivity contribution in [2.24, 2.45) is 0 Å². The molecule has 0 aliphatic carbocycles. The van der Waals surface area contributed by atoms with Crippen molar-refractivity contribution in [1.82, 2.24) is 0 Å². The van der Waals surface area contributed by atoms with E-state index in [-0.39, 0.29) is 0 Å². The Balaban J connectivity index is 2.24. The summed E-state index contributed by atoms with van der Waals surface area (Å²) in [5.41, 5.74) is 0.668. The molecule has 1 aromatic carbocycles. The van der Waals surface area contributed by atoms with Gasteiger partial charge in [-0.25, -0.2) is 0 Å². The Labute approximate surface area is 102 Å². The summed E-state index contributed by atoms with van der Waals surface area (Å²) in [4.78, 5) is 10.4. The SMILES string of the molecule is O=Cc1ccc(OCC/C=C/CCS)cc1. The van der Waals surface area contributed by atoms with Gasteiger partial charge in [0.25, 0.3) is 0 Å². The van der Waals surface area contributed by atoms with Crippen LogP contribution < -0.4 is 4.74 Å². The third-order valence-corrected chi connectivity index (χ3v) is 2.29. The lowest BCUT2D eigenvalue weighted by Crippen LogP contribution is -1.95. The maximum atomic E-state index is 10.4. The minimum atomic E-state index is 0.656. The van der Waals surface area contributed by atoms with Gasteiger partial charge in [-0.3, -0.25) is 4.79 Å². The fraction of sp³-hybridized carbons (Fsp3) is 0.308. The van der Waals surface area contributed by atoms with Crippen LogP contribution in [0.25, 0.3) is 0 Å². The standard InChI is InChI=1S/C13H16O2S/c14-11-12-5-7-13(8-6-12)15-9-3-1-2-4-10-16/h1-2,5-8,11,16H,3-4,9-10H2/b2-1+. The molecule has 1 rings (SSSR count). The summed E-state index contributed by atoms with van der Waals surface area (Å²) >= 11 is 4.11. The van der Waals surface area contributed by atoms with Gasteiger partial charge in [0, 0.05) is 5.56 Å². The predicted molar refractivity (Wildman–Crippen MR) is 69.6 cm³/mol. The topological polar surface area (TPSA) is 26.3 Å². The normalized spacial score (nSPS) is 10.6. The number of hydrogen-bond donors (Lipinski definition) is 1. The Kier molecular flexibility index (Phi) is 6.42. The van der Waals surface area contributed by atoms with E-state index in [1.165, 1.54) is 0 Å². The quantitative estimate of drug-likeness (QED) is 0.341. The lowest BCUT2D eigenvalue weighted by molar-refractivity contribution is 0.112. The van der Waals surface area contributed by atoms with Crippen LogP contribution in [0.1, 0.15) is 23.2 Å². The van der Waals surface area contributed by atoms with Crippen molar-refractivity contribution < 1.29 is 9.53 Å². The first-order valence-electron chi connectivity index (χ1n) is 5.30. The van der Waals surface area contributed by atoms with Gasteiger partial charge >= 0.3 is 0 Å². The Hall–Kier alpha value is -1.22. The minimum absolute atomic E-state index is 0.656. The van der Waals surface area contributed by atoms with Gasteiger partial charge in [0.05, 0.1) is 6.61 Å². The van der Waals surface area contributed by atoms with Crippen LogP contribution in [0.15, 0.2) is 36.4 Å². The first-order chi connectivity index (χ1) is 7.86. The third kappa shape index (κ3) is 5.03. The zero-order valence-corrected chi connectivity index (χ0v) is 10.0. The van der Waals surface area contributed by atoms with Gasteiger partial charge in [-0.2, -0.15) is 12.6 Å². The van der Waals surface area contributed by atoms with E-state index in [1.54, 1.807) is 24.3 Å². The molecule has 0 spiro atoms. The summed E-state index contributed by atoms with van der Waals surface area (Å²) < 4.78 is 5.50. The van der Waals surface area contributed by atoms with Gasteiger partial charge < -0.3 is 4.74 Å². The Bertz CT molecular complexity index is 330. The minimum Gasteiger partial charge on any atom is -0.493 e. The number of carbonyl (C=O) groups is 1. The molecule has 0 amide bonds. The van der Waals surface area contributed by atoms with Crippen LogP contribution in [0.4, 0.5) is 0 Å². The molecule has 0 aliphatic heterocycles. The fourth-order valence-electron chi connectivity index (χ4n) is 1.20. The molecule has 2 nitrogen and oxygen atoms in total. The van der Waals surface area contributed by atoms with Crippen LogP contribution in [0.5, 0.6) is 5.75 Å². The molecule has 0 aliphatic rings. The van der Waals surface area contributed by atoms with Gasteiger partial charge in [-0.05, 0) is 42.9 Å². The van der Waals surface area contributed by atoms with Gasteiger partial charge in [0.1, 0.15) is 12.0 Å². The smallest absolute Gasteiger partial charge is 0.150 e. The van der Waals surface area contributed by atoms with E-state index in [4.69, 9.17) is 4.74 Å². The Morgan fingerprint density at radius 3 is 2.44 bits per heavy atom. The number of thiol groups is 1. The number of benzene rings is 1. The molecule has 0 N–H and O–H groups in total. The summed E-state index contributed by atoms with van der Waals surface area (Å²) in [5, 5.41) is 0. The average Bonchev–Trinajstić information content (AvgIpc) is 2.34. The Morgan fingerprint density at radius 1 is 1.12 bits per heavy atom. The summed E-state index contributed by atoms with van der Waals surface area (Å²) in [6.45, 7) is 0.656. The van der Waals surface area contributed by atoms with Crippen molar-refractivity contribution in [3.05, 3.63) is 42.0 Å². The zero-order chi connectivity index (χ0) is 11.6. The van der Waals surface area contributed by atoms with Crippen molar-refractivity contribution in [2.45, 2.75) is 12.8 Å². The molecule has 0 saturated carbocycles. The van der Waals surface area contributed by atoms with Gasteiger partial charge in [-0.15, -0.1) is 0 Å². The van der Waals surface area contributed by atoms with E-state index in [9.17, 15) is 4.79 Å². The maximum Gasteiger partial charge on any atom is 0.150 e. The van der Waals surface area contributed by atoms with Crippen molar-refractivity contribution in [1.29, 1.82) is 0 Å². The molecule has 0 heterocycles. The molecule has 86 valence electrons. The Morgan fingerprint density at radius 2 is 1.81 bits per heavy atom. The fourth-order valence-corrected chi connectivity index (χ4v) is 1.35. The van der Waals surface area contributed by atoms with E-state index in [0.717, 1.165) is 30.6 Å². The summed E-state index contributed by atoms with van der Waals surface area (Å²) in [5.74, 6) is 1.68. The number of carbonyl (C=O) groups excluding carboxylic acids is 1. The lowest BCUT2D eigenvalue weighted by atomic mass is 10.2. The van der Waals surface area contributed by atoms with Crippen LogP contribution >= 0.6 is 12.6 Å².